The maximum Gasteiger partial charge on any atom is 0.309 e. The van der Waals surface area contributed by atoms with Gasteiger partial charge in [-0.3, -0.25) is 9.59 Å². The lowest BCUT2D eigenvalue weighted by Crippen LogP contribution is -2.50. The monoisotopic (exact) mass is 398 g/mol. The van der Waals surface area contributed by atoms with Crippen LogP contribution < -0.4 is 14.4 Å². The van der Waals surface area contributed by atoms with Crippen molar-refractivity contribution in [2.24, 2.45) is 0 Å². The van der Waals surface area contributed by atoms with Gasteiger partial charge >= 0.3 is 5.97 Å². The highest BCUT2D eigenvalue weighted by molar-refractivity contribution is 5.78. The Morgan fingerprint density at radius 1 is 0.862 bits per heavy atom. The minimum absolute atomic E-state index is 0.00111. The molecular weight excluding hydrogens is 372 g/mol. The number of piperazine rings is 1. The Labute approximate surface area is 170 Å². The van der Waals surface area contributed by atoms with Crippen molar-refractivity contribution in [3.05, 3.63) is 54.1 Å². The van der Waals surface area contributed by atoms with Gasteiger partial charge in [0.05, 0.1) is 20.6 Å². The Bertz CT molecular complexity index is 812. The summed E-state index contributed by atoms with van der Waals surface area (Å²) in [5.41, 5.74) is 1.96. The van der Waals surface area contributed by atoms with E-state index < -0.39 is 0 Å². The molecule has 0 N–H and O–H groups in total. The Morgan fingerprint density at radius 3 is 2.07 bits per heavy atom. The molecule has 3 rings (SSSR count). The summed E-state index contributed by atoms with van der Waals surface area (Å²) in [5.74, 6) is 1.11. The highest BCUT2D eigenvalue weighted by Gasteiger charge is 2.21. The molecule has 0 aliphatic carbocycles. The molecule has 0 aromatic heterocycles. The van der Waals surface area contributed by atoms with Crippen LogP contribution in [0.1, 0.15) is 5.56 Å². The van der Waals surface area contributed by atoms with E-state index in [2.05, 4.69) is 9.64 Å². The van der Waals surface area contributed by atoms with Crippen LogP contribution in [0.25, 0.3) is 0 Å². The number of nitrogens with zero attached hydrogens (tertiary/aromatic N) is 2. The van der Waals surface area contributed by atoms with E-state index in [1.54, 1.807) is 31.4 Å². The maximum atomic E-state index is 12.5. The van der Waals surface area contributed by atoms with E-state index >= 15 is 0 Å². The molecule has 1 aliphatic heterocycles. The molecule has 1 fully saturated rings. The van der Waals surface area contributed by atoms with Crippen molar-refractivity contribution in [1.29, 1.82) is 0 Å². The number of rotatable bonds is 7. The van der Waals surface area contributed by atoms with Crippen molar-refractivity contribution in [1.82, 2.24) is 4.90 Å². The molecule has 2 aromatic rings. The number of esters is 1. The van der Waals surface area contributed by atoms with Crippen LogP contribution in [0.3, 0.4) is 0 Å². The number of carbonyl (C=O) groups is 2. The van der Waals surface area contributed by atoms with Gasteiger partial charge in [0.1, 0.15) is 11.5 Å². The van der Waals surface area contributed by atoms with E-state index in [4.69, 9.17) is 9.47 Å². The third-order valence-corrected chi connectivity index (χ3v) is 4.93. The Kier molecular flexibility index (Phi) is 6.94. The van der Waals surface area contributed by atoms with Gasteiger partial charge in [0.2, 0.25) is 0 Å². The van der Waals surface area contributed by atoms with Crippen molar-refractivity contribution in [3.63, 3.8) is 0 Å². The topological polar surface area (TPSA) is 68.3 Å². The average molecular weight is 398 g/mol. The van der Waals surface area contributed by atoms with Crippen molar-refractivity contribution in [3.8, 4) is 11.5 Å². The molecule has 0 radical (unpaired) electrons. The minimum Gasteiger partial charge on any atom is -0.497 e. The fourth-order valence-electron chi connectivity index (χ4n) is 3.19. The van der Waals surface area contributed by atoms with E-state index in [1.165, 1.54) is 7.11 Å². The zero-order chi connectivity index (χ0) is 20.6. The summed E-state index contributed by atoms with van der Waals surface area (Å²) in [6.45, 7) is 2.87. The molecule has 0 saturated carbocycles. The normalized spacial score (nSPS) is 13.7. The van der Waals surface area contributed by atoms with E-state index in [0.717, 1.165) is 30.1 Å². The fourth-order valence-corrected chi connectivity index (χ4v) is 3.19. The number of methoxy groups -OCH3 is 2. The first-order valence-electron chi connectivity index (χ1n) is 9.54. The molecule has 0 spiro atoms. The average Bonchev–Trinajstić information content (AvgIpc) is 2.78. The van der Waals surface area contributed by atoms with Gasteiger partial charge in [0, 0.05) is 31.9 Å². The van der Waals surface area contributed by atoms with Crippen LogP contribution >= 0.6 is 0 Å². The molecule has 0 unspecified atom stereocenters. The summed E-state index contributed by atoms with van der Waals surface area (Å²) < 4.78 is 15.4. The smallest absolute Gasteiger partial charge is 0.309 e. The third kappa shape index (κ3) is 5.63. The van der Waals surface area contributed by atoms with E-state index in [9.17, 15) is 9.59 Å². The largest absolute Gasteiger partial charge is 0.497 e. The Hall–Kier alpha value is -3.22. The first-order chi connectivity index (χ1) is 14.1. The zero-order valence-corrected chi connectivity index (χ0v) is 16.8. The Morgan fingerprint density at radius 2 is 1.48 bits per heavy atom. The molecular formula is C22H26N2O5. The summed E-state index contributed by atoms with van der Waals surface area (Å²) >= 11 is 0. The van der Waals surface area contributed by atoms with Crippen LogP contribution in [-0.2, 0) is 20.7 Å². The van der Waals surface area contributed by atoms with Crippen molar-refractivity contribution in [2.75, 3.05) is 51.9 Å². The Balaban J connectivity index is 1.44. The van der Waals surface area contributed by atoms with Crippen LogP contribution in [0.15, 0.2) is 48.5 Å². The minimum atomic E-state index is -0.289. The molecule has 154 valence electrons. The standard InChI is InChI=1S/C22H26N2O5/c1-27-19-9-5-18(6-10-19)23-11-13-24(14-12-23)21(25)16-29-20-7-3-17(4-8-20)15-22(26)28-2/h3-10H,11-16H2,1-2H3. The summed E-state index contributed by atoms with van der Waals surface area (Å²) in [4.78, 5) is 27.8. The lowest BCUT2D eigenvalue weighted by molar-refractivity contribution is -0.139. The van der Waals surface area contributed by atoms with Crippen LogP contribution in [0.2, 0.25) is 0 Å². The lowest BCUT2D eigenvalue weighted by atomic mass is 10.1. The number of hydrogen-bond donors (Lipinski definition) is 0. The second-order valence-electron chi connectivity index (χ2n) is 6.75. The maximum absolute atomic E-state index is 12.5. The highest BCUT2D eigenvalue weighted by atomic mass is 16.5. The molecule has 29 heavy (non-hydrogen) atoms. The first kappa shape index (κ1) is 20.5. The van der Waals surface area contributed by atoms with Crippen molar-refractivity contribution in [2.45, 2.75) is 6.42 Å². The molecule has 1 amide bonds. The summed E-state index contributed by atoms with van der Waals surface area (Å²) in [7, 11) is 3.01. The zero-order valence-electron chi connectivity index (χ0n) is 16.8. The fraction of sp³-hybridized carbons (Fsp3) is 0.364. The van der Waals surface area contributed by atoms with Gasteiger partial charge < -0.3 is 24.0 Å². The number of amides is 1. The van der Waals surface area contributed by atoms with Crippen molar-refractivity contribution >= 4 is 17.6 Å². The quantitative estimate of drug-likeness (QED) is 0.666. The van der Waals surface area contributed by atoms with Crippen LogP contribution in [0.4, 0.5) is 5.69 Å². The van der Waals surface area contributed by atoms with Gasteiger partial charge in [-0.1, -0.05) is 12.1 Å². The molecule has 7 nitrogen and oxygen atoms in total. The van der Waals surface area contributed by atoms with Gasteiger partial charge in [-0.25, -0.2) is 0 Å². The van der Waals surface area contributed by atoms with Gasteiger partial charge in [-0.2, -0.15) is 0 Å². The van der Waals surface area contributed by atoms with Gasteiger partial charge in [0.25, 0.3) is 5.91 Å². The van der Waals surface area contributed by atoms with Gasteiger partial charge in [-0.15, -0.1) is 0 Å². The van der Waals surface area contributed by atoms with Crippen LogP contribution in [-0.4, -0.2) is 63.8 Å². The predicted molar refractivity (Wildman–Crippen MR) is 109 cm³/mol. The number of hydrogen-bond acceptors (Lipinski definition) is 6. The second kappa shape index (κ2) is 9.82. The SMILES string of the molecule is COC(=O)Cc1ccc(OCC(=O)N2CCN(c3ccc(OC)cc3)CC2)cc1. The van der Waals surface area contributed by atoms with Crippen LogP contribution in [0.5, 0.6) is 11.5 Å². The first-order valence-corrected chi connectivity index (χ1v) is 9.54. The molecule has 1 aliphatic rings. The second-order valence-corrected chi connectivity index (χ2v) is 6.75. The number of ether oxygens (including phenoxy) is 3. The lowest BCUT2D eigenvalue weighted by Gasteiger charge is -2.36. The van der Waals surface area contributed by atoms with Gasteiger partial charge in [-0.05, 0) is 42.0 Å². The van der Waals surface area contributed by atoms with Crippen molar-refractivity contribution < 1.29 is 23.8 Å². The number of anilines is 1. The summed E-state index contributed by atoms with van der Waals surface area (Å²) in [6.07, 6.45) is 0.216. The molecule has 2 aromatic carbocycles. The third-order valence-electron chi connectivity index (χ3n) is 4.93. The molecule has 0 bridgehead atoms. The summed E-state index contributed by atoms with van der Waals surface area (Å²) in [6, 6.07) is 15.1. The van der Waals surface area contributed by atoms with Crippen LogP contribution in [0, 0.1) is 0 Å². The van der Waals surface area contributed by atoms with E-state index in [0.29, 0.717) is 18.8 Å². The molecule has 0 atom stereocenters. The number of carbonyl (C=O) groups excluding carboxylic acids is 2. The van der Waals surface area contributed by atoms with E-state index in [1.807, 2.05) is 29.2 Å². The van der Waals surface area contributed by atoms with E-state index in [-0.39, 0.29) is 24.9 Å². The van der Waals surface area contributed by atoms with Gasteiger partial charge in [0.15, 0.2) is 6.61 Å². The summed E-state index contributed by atoms with van der Waals surface area (Å²) in [5, 5.41) is 0. The molecule has 7 heteroatoms. The predicted octanol–water partition coefficient (Wildman–Crippen LogP) is 2.14. The molecule has 1 saturated heterocycles. The number of benzene rings is 2. The highest BCUT2D eigenvalue weighted by Crippen LogP contribution is 2.20. The molecule has 1 heterocycles.